The predicted molar refractivity (Wildman–Crippen MR) is 83.1 cm³/mol. The number of piperazine rings is 1. The molecule has 1 saturated heterocycles. The number of nitro groups is 1. The van der Waals surface area contributed by atoms with Crippen molar-refractivity contribution >= 4 is 21.7 Å². The van der Waals surface area contributed by atoms with Crippen LogP contribution < -0.4 is 0 Å². The van der Waals surface area contributed by atoms with Crippen LogP contribution >= 0.6 is 0 Å². The summed E-state index contributed by atoms with van der Waals surface area (Å²) in [6.45, 7) is 0.572. The molecule has 13 heteroatoms. The topological polar surface area (TPSA) is 147 Å². The predicted octanol–water partition coefficient (Wildman–Crippen LogP) is -0.802. The van der Waals surface area contributed by atoms with Crippen molar-refractivity contribution in [1.29, 1.82) is 0 Å². The highest BCUT2D eigenvalue weighted by molar-refractivity contribution is 7.89. The fourth-order valence-electron chi connectivity index (χ4n) is 2.49. The van der Waals surface area contributed by atoms with E-state index in [9.17, 15) is 23.3 Å². The van der Waals surface area contributed by atoms with Gasteiger partial charge >= 0.3 is 5.82 Å². The molecule has 0 atom stereocenters. The first-order valence-electron chi connectivity index (χ1n) is 7.27. The summed E-state index contributed by atoms with van der Waals surface area (Å²) in [4.78, 5) is 23.8. The van der Waals surface area contributed by atoms with E-state index in [-0.39, 0.29) is 42.6 Å². The lowest BCUT2D eigenvalue weighted by atomic mass is 10.3. The molecule has 3 rings (SSSR count). The SMILES string of the molecule is Cn1cc(S(=O)(=O)N2CCN(C(=O)c3cc([N+](=O)[O-])[nH]n3)CC2)cn1. The van der Waals surface area contributed by atoms with Crippen LogP contribution in [0.3, 0.4) is 0 Å². The van der Waals surface area contributed by atoms with Crippen molar-refractivity contribution < 1.29 is 18.1 Å². The Morgan fingerprint density at radius 3 is 2.52 bits per heavy atom. The smallest absolute Gasteiger partial charge is 0.343 e. The molecule has 1 fully saturated rings. The molecule has 1 amide bonds. The van der Waals surface area contributed by atoms with E-state index in [2.05, 4.69) is 15.3 Å². The fraction of sp³-hybridized carbons (Fsp3) is 0.417. The minimum atomic E-state index is -3.66. The molecule has 0 saturated carbocycles. The maximum Gasteiger partial charge on any atom is 0.343 e. The highest BCUT2D eigenvalue weighted by Crippen LogP contribution is 2.18. The van der Waals surface area contributed by atoms with E-state index in [1.807, 2.05) is 0 Å². The lowest BCUT2D eigenvalue weighted by molar-refractivity contribution is -0.389. The summed E-state index contributed by atoms with van der Waals surface area (Å²) in [6, 6.07) is 1.06. The van der Waals surface area contributed by atoms with E-state index in [0.717, 1.165) is 6.07 Å². The zero-order chi connectivity index (χ0) is 18.2. The van der Waals surface area contributed by atoms with Crippen molar-refractivity contribution in [2.24, 2.45) is 7.05 Å². The number of nitrogens with one attached hydrogen (secondary N) is 1. The second kappa shape index (κ2) is 6.25. The van der Waals surface area contributed by atoms with Crippen LogP contribution in [0.2, 0.25) is 0 Å². The van der Waals surface area contributed by atoms with Crippen molar-refractivity contribution in [1.82, 2.24) is 29.2 Å². The number of carbonyl (C=O) groups is 1. The van der Waals surface area contributed by atoms with E-state index in [4.69, 9.17) is 0 Å². The zero-order valence-electron chi connectivity index (χ0n) is 13.2. The highest BCUT2D eigenvalue weighted by atomic mass is 32.2. The molecule has 25 heavy (non-hydrogen) atoms. The van der Waals surface area contributed by atoms with E-state index < -0.39 is 20.9 Å². The minimum Gasteiger partial charge on any atom is -0.358 e. The van der Waals surface area contributed by atoms with E-state index in [1.165, 1.54) is 26.3 Å². The molecular formula is C12H15N7O5S. The third kappa shape index (κ3) is 3.23. The average molecular weight is 369 g/mol. The summed E-state index contributed by atoms with van der Waals surface area (Å²) in [5.41, 5.74) is -0.0738. The number of amides is 1. The van der Waals surface area contributed by atoms with Gasteiger partial charge in [0, 0.05) is 39.4 Å². The number of aromatic amines is 1. The quantitative estimate of drug-likeness (QED) is 0.548. The Bertz CT molecular complexity index is 910. The second-order valence-electron chi connectivity index (χ2n) is 5.44. The summed E-state index contributed by atoms with van der Waals surface area (Å²) in [7, 11) is -2.04. The maximum absolute atomic E-state index is 12.5. The third-order valence-corrected chi connectivity index (χ3v) is 5.68. The molecule has 2 aromatic heterocycles. The Morgan fingerprint density at radius 2 is 2.00 bits per heavy atom. The van der Waals surface area contributed by atoms with Crippen LogP contribution in [0, 0.1) is 10.1 Å². The van der Waals surface area contributed by atoms with Gasteiger partial charge in [0.15, 0.2) is 5.69 Å². The van der Waals surface area contributed by atoms with Gasteiger partial charge in [0.2, 0.25) is 10.0 Å². The molecule has 134 valence electrons. The van der Waals surface area contributed by atoms with E-state index in [1.54, 1.807) is 7.05 Å². The number of aromatic nitrogens is 4. The van der Waals surface area contributed by atoms with Gasteiger partial charge in [-0.05, 0) is 4.92 Å². The van der Waals surface area contributed by atoms with Crippen LogP contribution in [-0.4, -0.2) is 74.6 Å². The van der Waals surface area contributed by atoms with Crippen molar-refractivity contribution in [3.63, 3.8) is 0 Å². The van der Waals surface area contributed by atoms with Crippen LogP contribution in [0.1, 0.15) is 10.5 Å². The maximum atomic E-state index is 12.5. The molecule has 0 spiro atoms. The molecule has 1 aliphatic rings. The van der Waals surface area contributed by atoms with Gasteiger partial charge in [-0.2, -0.15) is 9.40 Å². The van der Waals surface area contributed by atoms with Crippen LogP contribution in [0.15, 0.2) is 23.4 Å². The van der Waals surface area contributed by atoms with Crippen molar-refractivity contribution in [2.75, 3.05) is 26.2 Å². The minimum absolute atomic E-state index is 0.0738. The van der Waals surface area contributed by atoms with Gasteiger partial charge in [0.25, 0.3) is 5.91 Å². The van der Waals surface area contributed by atoms with Gasteiger partial charge in [0.05, 0.1) is 12.3 Å². The molecule has 0 aliphatic carbocycles. The lowest BCUT2D eigenvalue weighted by Gasteiger charge is -2.33. The molecular weight excluding hydrogens is 354 g/mol. The first-order chi connectivity index (χ1) is 11.8. The van der Waals surface area contributed by atoms with E-state index >= 15 is 0 Å². The summed E-state index contributed by atoms with van der Waals surface area (Å²) in [6.07, 6.45) is 2.69. The molecule has 1 aliphatic heterocycles. The zero-order valence-corrected chi connectivity index (χ0v) is 14.0. The monoisotopic (exact) mass is 369 g/mol. The van der Waals surface area contributed by atoms with Crippen LogP contribution in [0.5, 0.6) is 0 Å². The van der Waals surface area contributed by atoms with Gasteiger partial charge in [-0.15, -0.1) is 5.10 Å². The largest absolute Gasteiger partial charge is 0.358 e. The Balaban J connectivity index is 1.67. The van der Waals surface area contributed by atoms with Gasteiger partial charge < -0.3 is 15.0 Å². The van der Waals surface area contributed by atoms with Crippen molar-refractivity contribution in [3.05, 3.63) is 34.3 Å². The molecule has 0 bridgehead atoms. The van der Waals surface area contributed by atoms with Gasteiger partial charge in [-0.25, -0.2) is 8.42 Å². The second-order valence-corrected chi connectivity index (χ2v) is 7.38. The normalized spacial score (nSPS) is 16.1. The Hall–Kier alpha value is -2.80. The standard InChI is InChI=1S/C12H15N7O5S/c1-16-8-9(7-13-16)25(23,24)18-4-2-17(3-5-18)12(20)10-6-11(15-14-10)19(21)22/h6-8H,2-5H2,1H3,(H,14,15). The van der Waals surface area contributed by atoms with Gasteiger partial charge in [-0.1, -0.05) is 5.10 Å². The number of aryl methyl sites for hydroxylation is 1. The number of hydrogen-bond donors (Lipinski definition) is 1. The Kier molecular flexibility index (Phi) is 4.26. The molecule has 0 radical (unpaired) electrons. The number of sulfonamides is 1. The number of nitrogens with zero attached hydrogens (tertiary/aromatic N) is 6. The average Bonchev–Trinajstić information content (AvgIpc) is 3.23. The number of rotatable bonds is 4. The molecule has 3 heterocycles. The summed E-state index contributed by atoms with van der Waals surface area (Å²) >= 11 is 0. The molecule has 0 unspecified atom stereocenters. The summed E-state index contributed by atoms with van der Waals surface area (Å²) in [5, 5.41) is 20.3. The lowest BCUT2D eigenvalue weighted by Crippen LogP contribution is -2.50. The van der Waals surface area contributed by atoms with Gasteiger partial charge in [0.1, 0.15) is 4.90 Å². The van der Waals surface area contributed by atoms with Crippen molar-refractivity contribution in [3.8, 4) is 0 Å². The Labute approximate surface area is 142 Å². The number of H-pyrrole nitrogens is 1. The van der Waals surface area contributed by atoms with Crippen molar-refractivity contribution in [2.45, 2.75) is 4.90 Å². The fourth-order valence-corrected chi connectivity index (χ4v) is 3.90. The van der Waals surface area contributed by atoms with Crippen LogP contribution in [0.25, 0.3) is 0 Å². The third-order valence-electron chi connectivity index (χ3n) is 3.82. The summed E-state index contributed by atoms with van der Waals surface area (Å²) in [5.74, 6) is -0.857. The molecule has 1 N–H and O–H groups in total. The number of carbonyl (C=O) groups excluding carboxylic acids is 1. The summed E-state index contributed by atoms with van der Waals surface area (Å²) < 4.78 is 27.7. The van der Waals surface area contributed by atoms with Crippen LogP contribution in [0.4, 0.5) is 5.82 Å². The van der Waals surface area contributed by atoms with Gasteiger partial charge in [-0.3, -0.25) is 9.48 Å². The molecule has 0 aromatic carbocycles. The Morgan fingerprint density at radius 1 is 1.32 bits per heavy atom. The van der Waals surface area contributed by atoms with E-state index in [0.29, 0.717) is 0 Å². The first-order valence-corrected chi connectivity index (χ1v) is 8.71. The number of hydrogen-bond acceptors (Lipinski definition) is 7. The molecule has 12 nitrogen and oxygen atoms in total. The highest BCUT2D eigenvalue weighted by Gasteiger charge is 2.32. The molecule has 2 aromatic rings. The van der Waals surface area contributed by atoms with Crippen LogP contribution in [-0.2, 0) is 17.1 Å². The first kappa shape index (κ1) is 17.0.